The van der Waals surface area contributed by atoms with Gasteiger partial charge in [-0.05, 0) is 18.6 Å². The predicted octanol–water partition coefficient (Wildman–Crippen LogP) is 1.81. The first-order valence-electron chi connectivity index (χ1n) is 4.98. The zero-order valence-corrected chi connectivity index (χ0v) is 8.92. The van der Waals surface area contributed by atoms with E-state index in [0.717, 1.165) is 11.3 Å². The number of benzene rings is 1. The lowest BCUT2D eigenvalue weighted by Gasteiger charge is -2.09. The lowest BCUT2D eigenvalue weighted by molar-refractivity contribution is -0.136. The molecule has 16 heavy (non-hydrogen) atoms. The third-order valence-corrected chi connectivity index (χ3v) is 2.40. The SMILES string of the molecule is Cc1ccccc1-n1ccnc1CC(=O)O. The number of aryl methyl sites for hydroxylation is 1. The minimum Gasteiger partial charge on any atom is -0.481 e. The molecule has 1 N–H and O–H groups in total. The molecule has 0 fully saturated rings. The van der Waals surface area contributed by atoms with Gasteiger partial charge in [0.1, 0.15) is 12.2 Å². The van der Waals surface area contributed by atoms with Crippen molar-refractivity contribution >= 4 is 5.97 Å². The molecule has 0 aliphatic heterocycles. The summed E-state index contributed by atoms with van der Waals surface area (Å²) in [5.41, 5.74) is 2.06. The fraction of sp³-hybridized carbons (Fsp3) is 0.167. The van der Waals surface area contributed by atoms with E-state index >= 15 is 0 Å². The highest BCUT2D eigenvalue weighted by atomic mass is 16.4. The number of aliphatic carboxylic acids is 1. The van der Waals surface area contributed by atoms with Gasteiger partial charge < -0.3 is 9.67 Å². The van der Waals surface area contributed by atoms with Gasteiger partial charge in [-0.25, -0.2) is 4.98 Å². The molecule has 0 bridgehead atoms. The van der Waals surface area contributed by atoms with Crippen LogP contribution in [-0.2, 0) is 11.2 Å². The van der Waals surface area contributed by atoms with Crippen molar-refractivity contribution in [3.8, 4) is 5.69 Å². The van der Waals surface area contributed by atoms with Crippen molar-refractivity contribution in [1.29, 1.82) is 0 Å². The Bertz CT molecular complexity index is 517. The van der Waals surface area contributed by atoms with Gasteiger partial charge in [-0.15, -0.1) is 0 Å². The zero-order chi connectivity index (χ0) is 11.5. The van der Waals surface area contributed by atoms with Gasteiger partial charge in [-0.2, -0.15) is 0 Å². The van der Waals surface area contributed by atoms with E-state index in [2.05, 4.69) is 4.98 Å². The smallest absolute Gasteiger partial charge is 0.311 e. The van der Waals surface area contributed by atoms with E-state index in [1.807, 2.05) is 35.8 Å². The van der Waals surface area contributed by atoms with Gasteiger partial charge in [0.2, 0.25) is 0 Å². The van der Waals surface area contributed by atoms with Crippen molar-refractivity contribution in [3.63, 3.8) is 0 Å². The van der Waals surface area contributed by atoms with E-state index in [1.165, 1.54) is 0 Å². The van der Waals surface area contributed by atoms with Crippen molar-refractivity contribution in [2.75, 3.05) is 0 Å². The maximum Gasteiger partial charge on any atom is 0.311 e. The van der Waals surface area contributed by atoms with E-state index in [9.17, 15) is 4.79 Å². The minimum atomic E-state index is -0.874. The topological polar surface area (TPSA) is 55.1 Å². The summed E-state index contributed by atoms with van der Waals surface area (Å²) in [5, 5.41) is 8.77. The molecular weight excluding hydrogens is 204 g/mol. The van der Waals surface area contributed by atoms with Gasteiger partial charge in [-0.1, -0.05) is 18.2 Å². The van der Waals surface area contributed by atoms with E-state index < -0.39 is 5.97 Å². The van der Waals surface area contributed by atoms with Crippen molar-refractivity contribution in [3.05, 3.63) is 48.0 Å². The number of hydrogen-bond acceptors (Lipinski definition) is 2. The van der Waals surface area contributed by atoms with Gasteiger partial charge in [0.05, 0.1) is 0 Å². The summed E-state index contributed by atoms with van der Waals surface area (Å²) in [5.74, 6) is -0.331. The number of nitrogens with zero attached hydrogens (tertiary/aromatic N) is 2. The summed E-state index contributed by atoms with van der Waals surface area (Å²) in [6.45, 7) is 1.99. The second-order valence-corrected chi connectivity index (χ2v) is 3.57. The first kappa shape index (κ1) is 10.4. The van der Waals surface area contributed by atoms with Crippen LogP contribution in [0.15, 0.2) is 36.7 Å². The Morgan fingerprint density at radius 1 is 1.44 bits per heavy atom. The third-order valence-electron chi connectivity index (χ3n) is 2.40. The van der Waals surface area contributed by atoms with Crippen LogP contribution in [0.3, 0.4) is 0 Å². The number of hydrogen-bond donors (Lipinski definition) is 1. The van der Waals surface area contributed by atoms with Crippen LogP contribution in [0.25, 0.3) is 5.69 Å². The maximum atomic E-state index is 10.7. The summed E-state index contributed by atoms with van der Waals surface area (Å²) in [7, 11) is 0. The minimum absolute atomic E-state index is 0.0681. The Morgan fingerprint density at radius 3 is 2.88 bits per heavy atom. The summed E-state index contributed by atoms with van der Waals surface area (Å²) in [6, 6.07) is 7.81. The largest absolute Gasteiger partial charge is 0.481 e. The Labute approximate surface area is 93.2 Å². The molecule has 0 saturated carbocycles. The van der Waals surface area contributed by atoms with Crippen LogP contribution in [0.1, 0.15) is 11.4 Å². The number of carbonyl (C=O) groups is 1. The Morgan fingerprint density at radius 2 is 2.19 bits per heavy atom. The molecule has 1 aromatic carbocycles. The van der Waals surface area contributed by atoms with Gasteiger partial charge in [0, 0.05) is 18.1 Å². The fourth-order valence-corrected chi connectivity index (χ4v) is 1.65. The normalized spacial score (nSPS) is 10.3. The molecule has 0 spiro atoms. The van der Waals surface area contributed by atoms with E-state index in [0.29, 0.717) is 5.82 Å². The first-order chi connectivity index (χ1) is 7.68. The molecule has 2 aromatic rings. The van der Waals surface area contributed by atoms with Gasteiger partial charge in [0.25, 0.3) is 0 Å². The summed E-state index contributed by atoms with van der Waals surface area (Å²) in [4.78, 5) is 14.7. The second kappa shape index (κ2) is 4.18. The summed E-state index contributed by atoms with van der Waals surface area (Å²) < 4.78 is 1.81. The van der Waals surface area contributed by atoms with Crippen LogP contribution in [0, 0.1) is 6.92 Å². The first-order valence-corrected chi connectivity index (χ1v) is 4.98. The van der Waals surface area contributed by atoms with E-state index in [1.54, 1.807) is 12.4 Å². The molecule has 2 rings (SSSR count). The lowest BCUT2D eigenvalue weighted by atomic mass is 10.2. The fourth-order valence-electron chi connectivity index (χ4n) is 1.65. The Kier molecular flexibility index (Phi) is 2.72. The van der Waals surface area contributed by atoms with E-state index in [-0.39, 0.29) is 6.42 Å². The van der Waals surface area contributed by atoms with Crippen LogP contribution in [-0.4, -0.2) is 20.6 Å². The van der Waals surface area contributed by atoms with Gasteiger partial charge in [0.15, 0.2) is 0 Å². The highest BCUT2D eigenvalue weighted by Gasteiger charge is 2.09. The maximum absolute atomic E-state index is 10.7. The molecule has 1 heterocycles. The Hall–Kier alpha value is -2.10. The third kappa shape index (κ3) is 1.95. The number of rotatable bonds is 3. The molecule has 0 aliphatic rings. The summed E-state index contributed by atoms with van der Waals surface area (Å²) in [6.07, 6.45) is 3.33. The predicted molar refractivity (Wildman–Crippen MR) is 59.6 cm³/mol. The van der Waals surface area contributed by atoms with Crippen LogP contribution in [0.5, 0.6) is 0 Å². The molecule has 0 aliphatic carbocycles. The average Bonchev–Trinajstić information content (AvgIpc) is 2.66. The number of aromatic nitrogens is 2. The molecule has 4 nitrogen and oxygen atoms in total. The van der Waals surface area contributed by atoms with Crippen molar-refractivity contribution in [2.45, 2.75) is 13.3 Å². The molecule has 0 atom stereocenters. The zero-order valence-electron chi connectivity index (χ0n) is 8.92. The summed E-state index contributed by atoms with van der Waals surface area (Å²) >= 11 is 0. The molecule has 4 heteroatoms. The van der Waals surface area contributed by atoms with Gasteiger partial charge in [-0.3, -0.25) is 4.79 Å². The number of carboxylic acids is 1. The molecule has 0 radical (unpaired) electrons. The van der Waals surface area contributed by atoms with Gasteiger partial charge >= 0.3 is 5.97 Å². The number of imidazole rings is 1. The van der Waals surface area contributed by atoms with Crippen LogP contribution >= 0.6 is 0 Å². The van der Waals surface area contributed by atoms with Crippen molar-refractivity contribution < 1.29 is 9.90 Å². The second-order valence-electron chi connectivity index (χ2n) is 3.57. The highest BCUT2D eigenvalue weighted by Crippen LogP contribution is 2.15. The highest BCUT2D eigenvalue weighted by molar-refractivity contribution is 5.69. The molecule has 0 unspecified atom stereocenters. The molecule has 82 valence electrons. The Balaban J connectivity index is 2.45. The molecule has 0 saturated heterocycles. The van der Waals surface area contributed by atoms with E-state index in [4.69, 9.17) is 5.11 Å². The van der Waals surface area contributed by atoms with Crippen LogP contribution in [0.2, 0.25) is 0 Å². The molecule has 1 aromatic heterocycles. The number of para-hydroxylation sites is 1. The standard InChI is InChI=1S/C12H12N2O2/c1-9-4-2-3-5-10(9)14-7-6-13-11(14)8-12(15)16/h2-7H,8H2,1H3,(H,15,16). The van der Waals surface area contributed by atoms with Crippen molar-refractivity contribution in [1.82, 2.24) is 9.55 Å². The average molecular weight is 216 g/mol. The van der Waals surface area contributed by atoms with Crippen LogP contribution in [0.4, 0.5) is 0 Å². The van der Waals surface area contributed by atoms with Crippen LogP contribution < -0.4 is 0 Å². The molecular formula is C12H12N2O2. The molecule has 0 amide bonds. The lowest BCUT2D eigenvalue weighted by Crippen LogP contribution is -2.08. The quantitative estimate of drug-likeness (QED) is 0.851. The van der Waals surface area contributed by atoms with Crippen molar-refractivity contribution in [2.24, 2.45) is 0 Å². The number of carboxylic acid groups (broad SMARTS) is 1. The monoisotopic (exact) mass is 216 g/mol.